The third-order valence-electron chi connectivity index (χ3n) is 1.71. The monoisotopic (exact) mass is 218 g/mol. The van der Waals surface area contributed by atoms with E-state index in [2.05, 4.69) is 15.0 Å². The Kier molecular flexibility index (Phi) is 2.82. The number of anilines is 1. The van der Waals surface area contributed by atoms with E-state index >= 15 is 0 Å². The second-order valence-corrected chi connectivity index (χ2v) is 4.06. The number of nitrogens with two attached hydrogens (primary N) is 1. The van der Waals surface area contributed by atoms with Crippen LogP contribution < -0.4 is 5.73 Å². The molecule has 0 bridgehead atoms. The summed E-state index contributed by atoms with van der Waals surface area (Å²) in [5.41, 5.74) is 5.64. The van der Waals surface area contributed by atoms with E-state index in [1.807, 2.05) is 19.1 Å². The van der Waals surface area contributed by atoms with E-state index in [1.165, 1.54) is 0 Å². The van der Waals surface area contributed by atoms with Crippen molar-refractivity contribution in [2.24, 2.45) is 0 Å². The van der Waals surface area contributed by atoms with Crippen LogP contribution in [0.25, 0.3) is 0 Å². The normalized spacial score (nSPS) is 10.2. The zero-order valence-corrected chi connectivity index (χ0v) is 9.03. The molecule has 0 amide bonds. The van der Waals surface area contributed by atoms with Crippen molar-refractivity contribution in [3.63, 3.8) is 0 Å². The highest BCUT2D eigenvalue weighted by molar-refractivity contribution is 7.99. The molecule has 2 heterocycles. The summed E-state index contributed by atoms with van der Waals surface area (Å²) in [4.78, 5) is 13.3. The SMILES string of the molecule is Cc1nc(N)cc(Sc2ccncc2)n1. The van der Waals surface area contributed by atoms with Crippen molar-refractivity contribution in [1.29, 1.82) is 0 Å². The van der Waals surface area contributed by atoms with Gasteiger partial charge in [-0.3, -0.25) is 4.98 Å². The molecule has 2 aromatic rings. The molecule has 0 spiro atoms. The second kappa shape index (κ2) is 4.27. The standard InChI is InChI=1S/C10H10N4S/c1-7-13-9(11)6-10(14-7)15-8-2-4-12-5-3-8/h2-6H,1H3,(H2,11,13,14). The van der Waals surface area contributed by atoms with Gasteiger partial charge < -0.3 is 5.73 Å². The minimum atomic E-state index is 0.499. The van der Waals surface area contributed by atoms with Crippen molar-refractivity contribution in [3.8, 4) is 0 Å². The third kappa shape index (κ3) is 2.66. The molecule has 0 aliphatic rings. The first-order chi connectivity index (χ1) is 7.24. The van der Waals surface area contributed by atoms with Crippen molar-refractivity contribution in [1.82, 2.24) is 15.0 Å². The zero-order valence-electron chi connectivity index (χ0n) is 8.21. The van der Waals surface area contributed by atoms with Crippen LogP contribution in [0.2, 0.25) is 0 Å². The molecule has 0 aliphatic heterocycles. The molecule has 0 saturated carbocycles. The van der Waals surface area contributed by atoms with Gasteiger partial charge in [0.15, 0.2) is 0 Å². The number of aromatic nitrogens is 3. The molecular weight excluding hydrogens is 208 g/mol. The number of nitrogen functional groups attached to an aromatic ring is 1. The largest absolute Gasteiger partial charge is 0.384 e. The van der Waals surface area contributed by atoms with Crippen LogP contribution >= 0.6 is 11.8 Å². The first-order valence-corrected chi connectivity index (χ1v) is 5.25. The van der Waals surface area contributed by atoms with Crippen LogP contribution in [-0.2, 0) is 0 Å². The van der Waals surface area contributed by atoms with E-state index in [1.54, 1.807) is 30.2 Å². The fourth-order valence-corrected chi connectivity index (χ4v) is 2.00. The molecule has 5 heteroatoms. The third-order valence-corrected chi connectivity index (χ3v) is 2.63. The number of nitrogens with zero attached hydrogens (tertiary/aromatic N) is 3. The maximum Gasteiger partial charge on any atom is 0.128 e. The minimum absolute atomic E-state index is 0.499. The lowest BCUT2D eigenvalue weighted by Gasteiger charge is -2.02. The molecule has 2 N–H and O–H groups in total. The Balaban J connectivity index is 2.25. The molecule has 0 fully saturated rings. The van der Waals surface area contributed by atoms with E-state index in [0.29, 0.717) is 11.6 Å². The molecule has 0 aliphatic carbocycles. The van der Waals surface area contributed by atoms with Crippen molar-refractivity contribution >= 4 is 17.6 Å². The highest BCUT2D eigenvalue weighted by atomic mass is 32.2. The molecule has 0 unspecified atom stereocenters. The fraction of sp³-hybridized carbons (Fsp3) is 0.100. The molecule has 0 saturated heterocycles. The molecule has 76 valence electrons. The summed E-state index contributed by atoms with van der Waals surface area (Å²) < 4.78 is 0. The van der Waals surface area contributed by atoms with Crippen LogP contribution in [0.1, 0.15) is 5.82 Å². The lowest BCUT2D eigenvalue weighted by Crippen LogP contribution is -1.96. The maximum atomic E-state index is 5.64. The Morgan fingerprint density at radius 2 is 1.93 bits per heavy atom. The van der Waals surface area contributed by atoms with E-state index in [-0.39, 0.29) is 0 Å². The Morgan fingerprint density at radius 3 is 2.60 bits per heavy atom. The zero-order chi connectivity index (χ0) is 10.7. The lowest BCUT2D eigenvalue weighted by atomic mass is 10.5. The van der Waals surface area contributed by atoms with Crippen molar-refractivity contribution in [2.75, 3.05) is 5.73 Å². The number of hydrogen-bond acceptors (Lipinski definition) is 5. The number of pyridine rings is 1. The first-order valence-electron chi connectivity index (χ1n) is 4.43. The Labute approximate surface area is 92.0 Å². The molecule has 0 aromatic carbocycles. The number of rotatable bonds is 2. The Hall–Kier alpha value is -1.62. The van der Waals surface area contributed by atoms with E-state index in [0.717, 1.165) is 9.92 Å². The summed E-state index contributed by atoms with van der Waals surface area (Å²) >= 11 is 1.54. The van der Waals surface area contributed by atoms with E-state index in [4.69, 9.17) is 5.73 Å². The Bertz CT molecular complexity index is 438. The average Bonchev–Trinajstić information content (AvgIpc) is 2.17. The molecule has 2 rings (SSSR count). The Morgan fingerprint density at radius 1 is 1.20 bits per heavy atom. The van der Waals surface area contributed by atoms with Gasteiger partial charge in [-0.2, -0.15) is 0 Å². The summed E-state index contributed by atoms with van der Waals surface area (Å²) in [6.45, 7) is 1.83. The summed E-state index contributed by atoms with van der Waals surface area (Å²) in [5.74, 6) is 1.19. The van der Waals surface area contributed by atoms with Gasteiger partial charge in [0.05, 0.1) is 0 Å². The summed E-state index contributed by atoms with van der Waals surface area (Å²) in [6.07, 6.45) is 3.50. The fourth-order valence-electron chi connectivity index (χ4n) is 1.14. The molecule has 4 nitrogen and oxygen atoms in total. The van der Waals surface area contributed by atoms with Crippen LogP contribution in [0.4, 0.5) is 5.82 Å². The van der Waals surface area contributed by atoms with Gasteiger partial charge in [-0.1, -0.05) is 11.8 Å². The van der Waals surface area contributed by atoms with Gasteiger partial charge in [-0.05, 0) is 19.1 Å². The van der Waals surface area contributed by atoms with E-state index in [9.17, 15) is 0 Å². The van der Waals surface area contributed by atoms with Gasteiger partial charge in [-0.25, -0.2) is 9.97 Å². The smallest absolute Gasteiger partial charge is 0.128 e. The highest BCUT2D eigenvalue weighted by Gasteiger charge is 2.01. The van der Waals surface area contributed by atoms with Gasteiger partial charge in [0.25, 0.3) is 0 Å². The lowest BCUT2D eigenvalue weighted by molar-refractivity contribution is 0.975. The van der Waals surface area contributed by atoms with Gasteiger partial charge in [0, 0.05) is 23.4 Å². The first kappa shape index (κ1) is 9.92. The van der Waals surface area contributed by atoms with Crippen molar-refractivity contribution in [2.45, 2.75) is 16.8 Å². The average molecular weight is 218 g/mol. The molecule has 0 atom stereocenters. The number of aryl methyl sites for hydroxylation is 1. The van der Waals surface area contributed by atoms with Crippen LogP contribution in [0, 0.1) is 6.92 Å². The van der Waals surface area contributed by atoms with Crippen molar-refractivity contribution in [3.05, 3.63) is 36.4 Å². The minimum Gasteiger partial charge on any atom is -0.384 e. The van der Waals surface area contributed by atoms with Crippen LogP contribution in [0.3, 0.4) is 0 Å². The molecule has 15 heavy (non-hydrogen) atoms. The van der Waals surface area contributed by atoms with Gasteiger partial charge >= 0.3 is 0 Å². The van der Waals surface area contributed by atoms with Gasteiger partial charge in [0.1, 0.15) is 16.7 Å². The van der Waals surface area contributed by atoms with Gasteiger partial charge in [-0.15, -0.1) is 0 Å². The van der Waals surface area contributed by atoms with Crippen LogP contribution in [0.5, 0.6) is 0 Å². The summed E-state index contributed by atoms with van der Waals surface area (Å²) in [7, 11) is 0. The highest BCUT2D eigenvalue weighted by Crippen LogP contribution is 2.25. The summed E-state index contributed by atoms with van der Waals surface area (Å²) in [6, 6.07) is 5.62. The second-order valence-electron chi connectivity index (χ2n) is 2.96. The molecule has 2 aromatic heterocycles. The predicted octanol–water partition coefficient (Wildman–Crippen LogP) is 1.91. The van der Waals surface area contributed by atoms with E-state index < -0.39 is 0 Å². The quantitative estimate of drug-likeness (QED) is 0.780. The van der Waals surface area contributed by atoms with Crippen molar-refractivity contribution < 1.29 is 0 Å². The predicted molar refractivity (Wildman–Crippen MR) is 59.5 cm³/mol. The topological polar surface area (TPSA) is 64.7 Å². The maximum absolute atomic E-state index is 5.64. The number of hydrogen-bond donors (Lipinski definition) is 1. The van der Waals surface area contributed by atoms with Gasteiger partial charge in [0.2, 0.25) is 0 Å². The van der Waals surface area contributed by atoms with Crippen LogP contribution in [0.15, 0.2) is 40.5 Å². The molecular formula is C10H10N4S. The molecule has 0 radical (unpaired) electrons. The summed E-state index contributed by atoms with van der Waals surface area (Å²) in [5, 5.41) is 0.853. The van der Waals surface area contributed by atoms with Crippen LogP contribution in [-0.4, -0.2) is 15.0 Å².